The minimum atomic E-state index is -1.28. The van der Waals surface area contributed by atoms with E-state index in [4.69, 9.17) is 14.2 Å². The molecular weight excluding hydrogens is 300 g/mol. The number of rotatable bonds is 2. The predicted molar refractivity (Wildman–Crippen MR) is 68.2 cm³/mol. The first-order chi connectivity index (χ1) is 8.38. The highest BCUT2D eigenvalue weighted by atomic mass is 79.9. The first kappa shape index (κ1) is 12.4. The molecule has 18 heavy (non-hydrogen) atoms. The maximum atomic E-state index is 12.7. The lowest BCUT2D eigenvalue weighted by Crippen LogP contribution is -2.68. The Bertz CT molecular complexity index is 499. The van der Waals surface area contributed by atoms with Gasteiger partial charge in [0.1, 0.15) is 10.1 Å². The number of carbonyl (C=O) groups is 1. The molecule has 0 spiro atoms. The Morgan fingerprint density at radius 3 is 2.78 bits per heavy atom. The van der Waals surface area contributed by atoms with Gasteiger partial charge in [0.05, 0.1) is 19.1 Å². The number of Topliss-reactive ketones (excluding diaryl/α,β-unsaturated/α-hetero) is 1. The third-order valence-electron chi connectivity index (χ3n) is 4.70. The van der Waals surface area contributed by atoms with Crippen molar-refractivity contribution in [2.45, 2.75) is 17.0 Å². The van der Waals surface area contributed by atoms with Crippen molar-refractivity contribution < 1.29 is 19.0 Å². The Labute approximate surface area is 114 Å². The van der Waals surface area contributed by atoms with Crippen LogP contribution in [0.25, 0.3) is 0 Å². The van der Waals surface area contributed by atoms with Crippen molar-refractivity contribution in [1.82, 2.24) is 0 Å². The van der Waals surface area contributed by atoms with Crippen LogP contribution >= 0.6 is 15.9 Å². The summed E-state index contributed by atoms with van der Waals surface area (Å²) in [5.41, 5.74) is 0.182. The van der Waals surface area contributed by atoms with Crippen molar-refractivity contribution in [2.75, 3.05) is 20.8 Å². The van der Waals surface area contributed by atoms with Crippen LogP contribution in [0.1, 0.15) is 6.92 Å². The Morgan fingerprint density at radius 2 is 2.22 bits per heavy atom. The second-order valence-electron chi connectivity index (χ2n) is 5.17. The Kier molecular flexibility index (Phi) is 2.25. The Balaban J connectivity index is 2.36. The largest absolute Gasteiger partial charge is 0.501 e. The third-order valence-corrected chi connectivity index (χ3v) is 5.80. The molecule has 4 nitrogen and oxygen atoms in total. The van der Waals surface area contributed by atoms with Crippen molar-refractivity contribution in [2.24, 2.45) is 11.3 Å². The van der Waals surface area contributed by atoms with Gasteiger partial charge in [0.15, 0.2) is 0 Å². The molecule has 5 heteroatoms. The summed E-state index contributed by atoms with van der Waals surface area (Å²) in [6.45, 7) is 6.44. The summed E-state index contributed by atoms with van der Waals surface area (Å²) in [6.07, 6.45) is 1.79. The summed E-state index contributed by atoms with van der Waals surface area (Å²) in [5.74, 6) is -0.702. The molecule has 0 aromatic heterocycles. The average Bonchev–Trinajstić information content (AvgIpc) is 2.64. The van der Waals surface area contributed by atoms with Gasteiger partial charge in [-0.25, -0.2) is 0 Å². The van der Waals surface area contributed by atoms with E-state index in [1.807, 2.05) is 6.92 Å². The van der Waals surface area contributed by atoms with Crippen LogP contribution in [0.15, 0.2) is 24.0 Å². The van der Waals surface area contributed by atoms with E-state index in [9.17, 15) is 4.79 Å². The number of alkyl halides is 1. The van der Waals surface area contributed by atoms with Crippen LogP contribution in [0.5, 0.6) is 0 Å². The van der Waals surface area contributed by atoms with Crippen molar-refractivity contribution in [3.05, 3.63) is 24.0 Å². The van der Waals surface area contributed by atoms with Crippen LogP contribution in [-0.2, 0) is 19.0 Å². The maximum Gasteiger partial charge on any atom is 0.244 e. The van der Waals surface area contributed by atoms with E-state index >= 15 is 0 Å². The van der Waals surface area contributed by atoms with Crippen molar-refractivity contribution in [1.29, 1.82) is 0 Å². The lowest BCUT2D eigenvalue weighted by molar-refractivity contribution is -0.237. The molecule has 1 saturated carbocycles. The standard InChI is InChI=1S/C13H15BrO4/c1-7-8-6-18-13(17-4)10(15)12(7,14)5-9(16-3)11(8,13)2/h5,8H,1,6H2,2-4H3. The molecule has 0 amide bonds. The summed E-state index contributed by atoms with van der Waals surface area (Å²) in [4.78, 5) is 12.7. The molecule has 0 aromatic carbocycles. The van der Waals surface area contributed by atoms with E-state index in [1.165, 1.54) is 7.11 Å². The Morgan fingerprint density at radius 1 is 1.56 bits per heavy atom. The van der Waals surface area contributed by atoms with Gasteiger partial charge in [-0.05, 0) is 18.6 Å². The molecule has 0 aromatic rings. The van der Waals surface area contributed by atoms with Crippen LogP contribution < -0.4 is 0 Å². The summed E-state index contributed by atoms with van der Waals surface area (Å²) < 4.78 is 15.8. The molecule has 4 rings (SSSR count). The highest BCUT2D eigenvalue weighted by Gasteiger charge is 2.78. The number of allylic oxidation sites excluding steroid dienone is 1. The number of hydrogen-bond acceptors (Lipinski definition) is 4. The van der Waals surface area contributed by atoms with E-state index in [2.05, 4.69) is 22.5 Å². The van der Waals surface area contributed by atoms with Gasteiger partial charge < -0.3 is 14.2 Å². The summed E-state index contributed by atoms with van der Waals surface area (Å²) in [7, 11) is 3.10. The van der Waals surface area contributed by atoms with Gasteiger partial charge in [-0.3, -0.25) is 4.79 Å². The fraction of sp³-hybridized carbons (Fsp3) is 0.615. The highest BCUT2D eigenvalue weighted by Crippen LogP contribution is 2.67. The van der Waals surface area contributed by atoms with Crippen LogP contribution in [0.3, 0.4) is 0 Å². The molecule has 3 aliphatic carbocycles. The van der Waals surface area contributed by atoms with Gasteiger partial charge >= 0.3 is 0 Å². The monoisotopic (exact) mass is 314 g/mol. The molecule has 4 atom stereocenters. The maximum absolute atomic E-state index is 12.7. The van der Waals surface area contributed by atoms with Crippen LogP contribution in [0.4, 0.5) is 0 Å². The van der Waals surface area contributed by atoms with E-state index < -0.39 is 15.5 Å². The molecule has 1 aliphatic heterocycles. The molecule has 98 valence electrons. The number of hydrogen-bond donors (Lipinski definition) is 0. The first-order valence-corrected chi connectivity index (χ1v) is 6.57. The number of methoxy groups -OCH3 is 2. The molecule has 4 bridgehead atoms. The lowest BCUT2D eigenvalue weighted by Gasteiger charge is -2.55. The third kappa shape index (κ3) is 0.928. The Hall–Kier alpha value is -0.650. The van der Waals surface area contributed by atoms with Gasteiger partial charge in [-0.2, -0.15) is 0 Å². The number of carbonyl (C=O) groups excluding carboxylic acids is 1. The van der Waals surface area contributed by atoms with Gasteiger partial charge in [-0.1, -0.05) is 22.5 Å². The van der Waals surface area contributed by atoms with Crippen molar-refractivity contribution >= 4 is 21.7 Å². The first-order valence-electron chi connectivity index (χ1n) is 5.78. The van der Waals surface area contributed by atoms with E-state index in [0.29, 0.717) is 6.61 Å². The smallest absolute Gasteiger partial charge is 0.244 e. The second kappa shape index (κ2) is 3.26. The van der Waals surface area contributed by atoms with Gasteiger partial charge in [0.25, 0.3) is 0 Å². The second-order valence-corrected chi connectivity index (χ2v) is 6.42. The quantitative estimate of drug-likeness (QED) is 0.576. The molecule has 0 N–H and O–H groups in total. The zero-order chi connectivity index (χ0) is 13.3. The summed E-state index contributed by atoms with van der Waals surface area (Å²) in [5, 5.41) is 0. The zero-order valence-electron chi connectivity index (χ0n) is 10.6. The van der Waals surface area contributed by atoms with Crippen molar-refractivity contribution in [3.8, 4) is 0 Å². The van der Waals surface area contributed by atoms with Crippen LogP contribution in [0, 0.1) is 11.3 Å². The van der Waals surface area contributed by atoms with E-state index in [0.717, 1.165) is 11.3 Å². The lowest BCUT2D eigenvalue weighted by atomic mass is 9.54. The number of ketones is 1. The summed E-state index contributed by atoms with van der Waals surface area (Å²) in [6, 6.07) is 0. The minimum absolute atomic E-state index is 0.00877. The molecule has 1 heterocycles. The minimum Gasteiger partial charge on any atom is -0.501 e. The molecule has 1 saturated heterocycles. The normalized spacial score (nSPS) is 49.6. The number of ether oxygens (including phenoxy) is 3. The average molecular weight is 315 g/mol. The number of halogens is 1. The SMILES string of the molecule is C=C1C2COC3(OC)C(=O)C1(Br)C=C(OC)C23C. The topological polar surface area (TPSA) is 44.8 Å². The summed E-state index contributed by atoms with van der Waals surface area (Å²) >= 11 is 3.50. The van der Waals surface area contributed by atoms with E-state index in [-0.39, 0.29) is 11.7 Å². The molecular formula is C13H15BrO4. The van der Waals surface area contributed by atoms with Crippen LogP contribution in [-0.4, -0.2) is 36.7 Å². The van der Waals surface area contributed by atoms with Crippen molar-refractivity contribution in [3.63, 3.8) is 0 Å². The predicted octanol–water partition coefficient (Wildman–Crippen LogP) is 1.80. The molecule has 4 aliphatic rings. The van der Waals surface area contributed by atoms with Gasteiger partial charge in [0.2, 0.25) is 11.6 Å². The van der Waals surface area contributed by atoms with Gasteiger partial charge in [0, 0.05) is 13.0 Å². The highest BCUT2D eigenvalue weighted by molar-refractivity contribution is 9.10. The van der Waals surface area contributed by atoms with Crippen LogP contribution in [0.2, 0.25) is 0 Å². The zero-order valence-corrected chi connectivity index (χ0v) is 12.2. The molecule has 4 unspecified atom stereocenters. The molecule has 0 radical (unpaired) electrons. The fourth-order valence-electron chi connectivity index (χ4n) is 3.59. The molecule has 2 fully saturated rings. The van der Waals surface area contributed by atoms with E-state index in [1.54, 1.807) is 13.2 Å². The fourth-order valence-corrected chi connectivity index (χ4v) is 4.34. The van der Waals surface area contributed by atoms with Gasteiger partial charge in [-0.15, -0.1) is 0 Å².